The minimum Gasteiger partial charge on any atom is -0.449 e. The average Bonchev–Trinajstić information content (AvgIpc) is 2.46. The van der Waals surface area contributed by atoms with Gasteiger partial charge in [0, 0.05) is 19.3 Å². The van der Waals surface area contributed by atoms with Gasteiger partial charge in [-0.2, -0.15) is 0 Å². The number of aliphatic hydroxyl groups is 1. The zero-order valence-electron chi connectivity index (χ0n) is 13.0. The van der Waals surface area contributed by atoms with Gasteiger partial charge in [0.1, 0.15) is 5.60 Å². The monoisotopic (exact) mass is 292 g/mol. The van der Waals surface area contributed by atoms with Crippen LogP contribution in [0.1, 0.15) is 37.9 Å². The van der Waals surface area contributed by atoms with E-state index in [1.54, 1.807) is 11.1 Å². The average molecular weight is 292 g/mol. The molecule has 5 heteroatoms. The fourth-order valence-corrected chi connectivity index (χ4v) is 2.39. The summed E-state index contributed by atoms with van der Waals surface area (Å²) in [6.45, 7) is 7.38. The maximum absolute atomic E-state index is 11.9. The van der Waals surface area contributed by atoms with Crippen molar-refractivity contribution in [3.63, 3.8) is 0 Å². The van der Waals surface area contributed by atoms with Crippen LogP contribution in [0.5, 0.6) is 0 Å². The fraction of sp³-hybridized carbons (Fsp3) is 0.625. The highest BCUT2D eigenvalue weighted by molar-refractivity contribution is 5.67. The molecule has 0 bridgehead atoms. The molecule has 0 saturated carbocycles. The molecule has 1 saturated heterocycles. The van der Waals surface area contributed by atoms with Gasteiger partial charge in [0.25, 0.3) is 0 Å². The maximum Gasteiger partial charge on any atom is 0.409 e. The molecular weight excluding hydrogens is 268 g/mol. The topological polar surface area (TPSA) is 62.7 Å². The van der Waals surface area contributed by atoms with E-state index in [0.29, 0.717) is 44.1 Å². The number of carbonyl (C=O) groups excluding carboxylic acids is 1. The number of aromatic nitrogens is 1. The molecule has 5 nitrogen and oxygen atoms in total. The molecular formula is C16H24N2O3. The Balaban J connectivity index is 1.93. The van der Waals surface area contributed by atoms with Crippen LogP contribution in [-0.2, 0) is 10.3 Å². The first-order valence-corrected chi connectivity index (χ1v) is 7.48. The molecule has 21 heavy (non-hydrogen) atoms. The maximum atomic E-state index is 11.9. The summed E-state index contributed by atoms with van der Waals surface area (Å²) in [6.07, 6.45) is 2.44. The lowest BCUT2D eigenvalue weighted by Crippen LogP contribution is -2.45. The van der Waals surface area contributed by atoms with Crippen molar-refractivity contribution in [1.29, 1.82) is 0 Å². The zero-order chi connectivity index (χ0) is 15.5. The molecule has 0 radical (unpaired) electrons. The van der Waals surface area contributed by atoms with Crippen LogP contribution in [0.4, 0.5) is 4.79 Å². The molecule has 0 atom stereocenters. The molecule has 1 aliphatic rings. The molecule has 1 N–H and O–H groups in total. The van der Waals surface area contributed by atoms with E-state index in [4.69, 9.17) is 4.74 Å². The molecule has 2 rings (SSSR count). The van der Waals surface area contributed by atoms with E-state index in [2.05, 4.69) is 4.98 Å². The minimum atomic E-state index is -0.942. The summed E-state index contributed by atoms with van der Waals surface area (Å²) < 4.78 is 5.22. The standard InChI is InChI=1S/C16H24N2O3/c1-12(2)11-21-15(19)18-8-6-16(20,7-9-18)14-5-4-13(3)10-17-14/h4-5,10,12,20H,6-9,11H2,1-3H3. The molecule has 0 unspecified atom stereocenters. The Bertz CT molecular complexity index is 477. The Hall–Kier alpha value is -1.62. The van der Waals surface area contributed by atoms with Gasteiger partial charge in [-0.05, 0) is 37.3 Å². The van der Waals surface area contributed by atoms with Crippen molar-refractivity contribution in [3.05, 3.63) is 29.6 Å². The van der Waals surface area contributed by atoms with Crippen molar-refractivity contribution in [1.82, 2.24) is 9.88 Å². The van der Waals surface area contributed by atoms with Crippen molar-refractivity contribution in [2.75, 3.05) is 19.7 Å². The van der Waals surface area contributed by atoms with Gasteiger partial charge in [-0.3, -0.25) is 4.98 Å². The fourth-order valence-electron chi connectivity index (χ4n) is 2.39. The lowest BCUT2D eigenvalue weighted by atomic mass is 9.88. The van der Waals surface area contributed by atoms with Crippen LogP contribution in [0, 0.1) is 12.8 Å². The number of likely N-dealkylation sites (tertiary alicyclic amines) is 1. The van der Waals surface area contributed by atoms with Crippen molar-refractivity contribution in [3.8, 4) is 0 Å². The second-order valence-corrected chi connectivity index (χ2v) is 6.21. The number of pyridine rings is 1. The smallest absolute Gasteiger partial charge is 0.409 e. The van der Waals surface area contributed by atoms with Gasteiger partial charge < -0.3 is 14.7 Å². The number of nitrogens with zero attached hydrogens (tertiary/aromatic N) is 2. The number of amides is 1. The number of piperidine rings is 1. The third-order valence-electron chi connectivity index (χ3n) is 3.78. The third-order valence-corrected chi connectivity index (χ3v) is 3.78. The minimum absolute atomic E-state index is 0.289. The van der Waals surface area contributed by atoms with Crippen molar-refractivity contribution in [2.45, 2.75) is 39.2 Å². The summed E-state index contributed by atoms with van der Waals surface area (Å²) in [7, 11) is 0. The predicted octanol–water partition coefficient (Wildman–Crippen LogP) is 2.47. The van der Waals surface area contributed by atoms with Gasteiger partial charge in [-0.15, -0.1) is 0 Å². The second kappa shape index (κ2) is 6.43. The Labute approximate surface area is 125 Å². The Morgan fingerprint density at radius 2 is 2.10 bits per heavy atom. The van der Waals surface area contributed by atoms with Crippen molar-refractivity contribution in [2.24, 2.45) is 5.92 Å². The summed E-state index contributed by atoms with van der Waals surface area (Å²) in [5, 5.41) is 10.7. The Kier molecular flexibility index (Phi) is 4.83. The summed E-state index contributed by atoms with van der Waals surface area (Å²) in [5.74, 6) is 0.326. The first kappa shape index (κ1) is 15.8. The first-order chi connectivity index (χ1) is 9.90. The van der Waals surface area contributed by atoms with Gasteiger partial charge in [0.2, 0.25) is 0 Å². The van der Waals surface area contributed by atoms with Crippen LogP contribution in [0.25, 0.3) is 0 Å². The van der Waals surface area contributed by atoms with Crippen LogP contribution < -0.4 is 0 Å². The van der Waals surface area contributed by atoms with Crippen LogP contribution in [-0.4, -0.2) is 40.8 Å². The molecule has 0 aliphatic carbocycles. The van der Waals surface area contributed by atoms with Crippen LogP contribution in [0.2, 0.25) is 0 Å². The van der Waals surface area contributed by atoms with Gasteiger partial charge in [-0.1, -0.05) is 19.9 Å². The van der Waals surface area contributed by atoms with Gasteiger partial charge >= 0.3 is 6.09 Å². The Morgan fingerprint density at radius 1 is 1.43 bits per heavy atom. The largest absolute Gasteiger partial charge is 0.449 e. The molecule has 0 aromatic carbocycles. The summed E-state index contributed by atoms with van der Waals surface area (Å²) in [6, 6.07) is 3.81. The molecule has 1 aromatic heterocycles. The van der Waals surface area contributed by atoms with Crippen LogP contribution >= 0.6 is 0 Å². The lowest BCUT2D eigenvalue weighted by molar-refractivity contribution is -0.0287. The van der Waals surface area contributed by atoms with Gasteiger partial charge in [0.15, 0.2) is 0 Å². The first-order valence-electron chi connectivity index (χ1n) is 7.48. The van der Waals surface area contributed by atoms with E-state index in [9.17, 15) is 9.90 Å². The molecule has 2 heterocycles. The summed E-state index contributed by atoms with van der Waals surface area (Å²) >= 11 is 0. The Morgan fingerprint density at radius 3 is 2.62 bits per heavy atom. The van der Waals surface area contributed by atoms with Crippen LogP contribution in [0.3, 0.4) is 0 Å². The normalized spacial score (nSPS) is 17.9. The number of rotatable bonds is 3. The molecule has 1 fully saturated rings. The summed E-state index contributed by atoms with van der Waals surface area (Å²) in [4.78, 5) is 17.9. The highest BCUT2D eigenvalue weighted by Gasteiger charge is 2.36. The molecule has 0 spiro atoms. The van der Waals surface area contributed by atoms with E-state index in [1.807, 2.05) is 32.9 Å². The lowest BCUT2D eigenvalue weighted by Gasteiger charge is -2.37. The van der Waals surface area contributed by atoms with Crippen LogP contribution in [0.15, 0.2) is 18.3 Å². The second-order valence-electron chi connectivity index (χ2n) is 6.21. The van der Waals surface area contributed by atoms with Crippen molar-refractivity contribution < 1.29 is 14.6 Å². The molecule has 1 aromatic rings. The van der Waals surface area contributed by atoms with E-state index < -0.39 is 5.60 Å². The number of hydrogen-bond donors (Lipinski definition) is 1. The highest BCUT2D eigenvalue weighted by atomic mass is 16.6. The van der Waals surface area contributed by atoms with E-state index in [1.165, 1.54) is 0 Å². The zero-order valence-corrected chi connectivity index (χ0v) is 13.0. The number of aryl methyl sites for hydroxylation is 1. The SMILES string of the molecule is Cc1ccc(C2(O)CCN(C(=O)OCC(C)C)CC2)nc1. The van der Waals surface area contributed by atoms with E-state index in [0.717, 1.165) is 5.56 Å². The predicted molar refractivity (Wildman–Crippen MR) is 79.9 cm³/mol. The third kappa shape index (κ3) is 3.94. The van der Waals surface area contributed by atoms with E-state index in [-0.39, 0.29) is 6.09 Å². The molecule has 1 aliphatic heterocycles. The molecule has 1 amide bonds. The van der Waals surface area contributed by atoms with Gasteiger partial charge in [0.05, 0.1) is 12.3 Å². The van der Waals surface area contributed by atoms with E-state index >= 15 is 0 Å². The number of carbonyl (C=O) groups is 1. The van der Waals surface area contributed by atoms with Gasteiger partial charge in [-0.25, -0.2) is 4.79 Å². The number of ether oxygens (including phenoxy) is 1. The summed E-state index contributed by atoms with van der Waals surface area (Å²) in [5.41, 5.74) is 0.808. The van der Waals surface area contributed by atoms with Crippen molar-refractivity contribution >= 4 is 6.09 Å². The quantitative estimate of drug-likeness (QED) is 0.929. The highest BCUT2D eigenvalue weighted by Crippen LogP contribution is 2.31. The number of hydrogen-bond acceptors (Lipinski definition) is 4. The molecule has 116 valence electrons.